The average Bonchev–Trinajstić information content (AvgIpc) is 4.02. The predicted molar refractivity (Wildman–Crippen MR) is 267 cm³/mol. The Kier molecular flexibility index (Phi) is 18.6. The molecule has 5 heterocycles. The molecule has 0 spiro atoms. The molecule has 0 saturated carbocycles. The normalized spacial score (nSPS) is 20.1. The number of aliphatic imine (C=N–C) groups is 1. The van der Waals surface area contributed by atoms with Crippen LogP contribution in [-0.4, -0.2) is 71.9 Å². The third-order valence-electron chi connectivity index (χ3n) is 14.2. The molecule has 0 aromatic carbocycles. The third kappa shape index (κ3) is 11.6. The number of hydrogen-bond donors (Lipinski definition) is 1. The Morgan fingerprint density at radius 3 is 2.17 bits per heavy atom. The molecule has 3 aromatic heterocycles. The van der Waals surface area contributed by atoms with Crippen LogP contribution in [0.2, 0.25) is 0 Å². The number of aliphatic hydroxyl groups excluding tert-OH is 1. The number of methoxy groups -OCH3 is 1. The largest absolute Gasteiger partial charge is 2.00 e. The van der Waals surface area contributed by atoms with Gasteiger partial charge >= 0.3 is 35.0 Å². The fourth-order valence-corrected chi connectivity index (χ4v) is 10.1. The van der Waals surface area contributed by atoms with Crippen LogP contribution in [0.4, 0.5) is 0 Å². The number of carbonyl (C=O) groups excluding carboxylic acids is 3. The smallest absolute Gasteiger partial charge is 0.657 e. The van der Waals surface area contributed by atoms with E-state index in [1.54, 1.807) is 6.08 Å². The summed E-state index contributed by atoms with van der Waals surface area (Å²) in [5.41, 5.74) is 7.57. The van der Waals surface area contributed by atoms with Crippen molar-refractivity contribution in [2.24, 2.45) is 34.6 Å². The number of aliphatic hydroxyl groups is 1. The number of fused-ring (bicyclic) bond motifs is 7. The summed E-state index contributed by atoms with van der Waals surface area (Å²) in [6.07, 6.45) is 22.5. The SMILES string of the molecule is C=Cc1c(C)/c2[n-]/c1=C\c1[n-]c(c(CC)c1C=O)/C=c1\[n-]c3c(c1C)C(O)=C(C(=O)OC)C=3C1N=C(\C=2)[C@@H](C)[C@@H]1CCC(=O)OC/C=C(\C)CCC[C@H](C)CCC[C@H](C)CCCC(C)C.[Mg+2]. The Labute approximate surface area is 408 Å². The summed E-state index contributed by atoms with van der Waals surface area (Å²) in [4.78, 5) is 59.9. The van der Waals surface area contributed by atoms with Crippen LogP contribution in [0.1, 0.15) is 169 Å². The van der Waals surface area contributed by atoms with E-state index >= 15 is 0 Å². The number of esters is 2. The number of hydrogen-bond acceptors (Lipinski definition) is 7. The van der Waals surface area contributed by atoms with Crippen molar-refractivity contribution >= 4 is 82.6 Å². The average molecular weight is 908 g/mol. The Morgan fingerprint density at radius 1 is 0.879 bits per heavy atom. The van der Waals surface area contributed by atoms with Crippen LogP contribution in [-0.2, 0) is 25.5 Å². The van der Waals surface area contributed by atoms with Crippen LogP contribution in [0.3, 0.4) is 0 Å². The summed E-state index contributed by atoms with van der Waals surface area (Å²) >= 11 is 0. The number of rotatable bonds is 21. The van der Waals surface area contributed by atoms with Crippen LogP contribution in [0.25, 0.3) is 35.6 Å². The molecule has 3 aliphatic rings. The molecule has 11 heteroatoms. The van der Waals surface area contributed by atoms with Gasteiger partial charge in [-0.15, -0.1) is 32.8 Å². The summed E-state index contributed by atoms with van der Waals surface area (Å²) in [5, 5.41) is 14.2. The second-order valence-electron chi connectivity index (χ2n) is 19.4. The van der Waals surface area contributed by atoms with Gasteiger partial charge in [0.2, 0.25) is 0 Å². The van der Waals surface area contributed by atoms with Crippen molar-refractivity contribution in [1.29, 1.82) is 0 Å². The van der Waals surface area contributed by atoms with Crippen LogP contribution in [0, 0.1) is 43.4 Å². The number of ether oxygens (including phenoxy) is 2. The van der Waals surface area contributed by atoms with Crippen LogP contribution in [0.5, 0.6) is 0 Å². The van der Waals surface area contributed by atoms with E-state index in [4.69, 9.17) is 29.4 Å². The summed E-state index contributed by atoms with van der Waals surface area (Å²) < 4.78 is 11.0. The minimum atomic E-state index is -0.696. The third-order valence-corrected chi connectivity index (χ3v) is 14.2. The number of carbonyl (C=O) groups is 3. The summed E-state index contributed by atoms with van der Waals surface area (Å²) in [6, 6.07) is -0.657. The van der Waals surface area contributed by atoms with E-state index in [0.29, 0.717) is 73.8 Å². The van der Waals surface area contributed by atoms with Gasteiger partial charge in [0, 0.05) is 29.2 Å². The summed E-state index contributed by atoms with van der Waals surface area (Å²) in [5.74, 6) is 0.633. The molecule has 3 aromatic rings. The van der Waals surface area contributed by atoms with Crippen molar-refractivity contribution < 1.29 is 29.0 Å². The van der Waals surface area contributed by atoms with Crippen molar-refractivity contribution in [3.05, 3.63) is 90.0 Å². The first-order valence-electron chi connectivity index (χ1n) is 24.1. The zero-order chi connectivity index (χ0) is 47.1. The Balaban J connectivity index is 0.00000817. The van der Waals surface area contributed by atoms with Gasteiger partial charge in [0.05, 0.1) is 13.2 Å². The maximum absolute atomic E-state index is 13.6. The van der Waals surface area contributed by atoms with Gasteiger partial charge in [0.1, 0.15) is 24.2 Å². The van der Waals surface area contributed by atoms with E-state index in [0.717, 1.165) is 53.4 Å². The summed E-state index contributed by atoms with van der Waals surface area (Å²) in [6.45, 7) is 23.7. The second-order valence-corrected chi connectivity index (χ2v) is 19.4. The van der Waals surface area contributed by atoms with E-state index in [2.05, 4.69) is 48.1 Å². The second kappa shape index (κ2) is 23.4. The molecular formula is C55H71MgN4O6-. The number of nitrogens with zero attached hydrogens (tertiary/aromatic N) is 4. The fourth-order valence-electron chi connectivity index (χ4n) is 10.1. The molecule has 6 rings (SSSR count). The Morgan fingerprint density at radius 2 is 1.53 bits per heavy atom. The minimum absolute atomic E-state index is 0. The standard InChI is InChI=1S/C55H73N4O6.Mg/c1-12-38-35(8)42-27-43-36(9)40(23-24-48(61)65-26-25-34(7)22-16-21-33(6)20-15-19-32(5)18-14-17-31(3)4)52(58-43)50-51(55(63)64-11)54(62)49-37(10)44(59-53(49)50)28-46-39(13-2)41(30-60)47(57-46)29-45(38)56-42;/h12,25,27-33,36,40,52H,1,13-24,26H2,2-11H3,(H3-,56,57,58,59,60,62,63);/q-1;+2/p-2/b34-25+;/t32-,33-,36+,40+,52?;/m1./s1. The van der Waals surface area contributed by atoms with Gasteiger partial charge in [-0.25, -0.2) is 4.79 Å². The van der Waals surface area contributed by atoms with E-state index in [-0.39, 0.29) is 65.2 Å². The van der Waals surface area contributed by atoms with E-state index in [1.807, 2.05) is 45.1 Å². The molecule has 8 bridgehead atoms. The molecule has 66 heavy (non-hydrogen) atoms. The van der Waals surface area contributed by atoms with Crippen molar-refractivity contribution in [2.45, 2.75) is 145 Å². The first-order chi connectivity index (χ1) is 31.1. The number of aromatic nitrogens is 3. The molecule has 0 saturated heterocycles. The number of allylic oxidation sites excluding steroid dienone is 1. The van der Waals surface area contributed by atoms with Crippen molar-refractivity contribution in [3.8, 4) is 0 Å². The molecular weight excluding hydrogens is 837 g/mol. The zero-order valence-electron chi connectivity index (χ0n) is 41.3. The van der Waals surface area contributed by atoms with E-state index < -0.39 is 12.0 Å². The van der Waals surface area contributed by atoms with Gasteiger partial charge in [0.25, 0.3) is 0 Å². The van der Waals surface area contributed by atoms with Crippen molar-refractivity contribution in [2.75, 3.05) is 13.7 Å². The topological polar surface area (TPSA) is 145 Å². The molecule has 0 amide bonds. The first-order valence-corrected chi connectivity index (χ1v) is 24.1. The maximum Gasteiger partial charge on any atom is 2.00 e. The first kappa shape index (κ1) is 52.4. The van der Waals surface area contributed by atoms with E-state index in [9.17, 15) is 19.5 Å². The Hall–Kier alpha value is -4.61. The minimum Gasteiger partial charge on any atom is -0.657 e. The van der Waals surface area contributed by atoms with Crippen LogP contribution >= 0.6 is 0 Å². The zero-order valence-corrected chi connectivity index (χ0v) is 42.7. The van der Waals surface area contributed by atoms with Gasteiger partial charge in [-0.2, -0.15) is 0 Å². The van der Waals surface area contributed by atoms with Crippen molar-refractivity contribution in [3.63, 3.8) is 0 Å². The van der Waals surface area contributed by atoms with Gasteiger partial charge in [-0.3, -0.25) is 14.6 Å². The van der Waals surface area contributed by atoms with Crippen LogP contribution in [0.15, 0.2) is 28.8 Å². The molecule has 0 fully saturated rings. The fraction of sp³-hybridized carbons (Fsp3) is 0.527. The number of aldehydes is 1. The van der Waals surface area contributed by atoms with Crippen molar-refractivity contribution in [1.82, 2.24) is 15.0 Å². The molecule has 350 valence electrons. The molecule has 10 nitrogen and oxygen atoms in total. The molecule has 1 unspecified atom stereocenters. The summed E-state index contributed by atoms with van der Waals surface area (Å²) in [7, 11) is 1.29. The van der Waals surface area contributed by atoms with Gasteiger partial charge in [-0.1, -0.05) is 140 Å². The molecule has 1 N–H and O–H groups in total. The monoisotopic (exact) mass is 908 g/mol. The Bertz CT molecular complexity index is 2630. The van der Waals surface area contributed by atoms with Gasteiger partial charge in [-0.05, 0) is 87.3 Å². The maximum atomic E-state index is 13.6. The van der Waals surface area contributed by atoms with Gasteiger partial charge in [0.15, 0.2) is 0 Å². The molecule has 5 atom stereocenters. The van der Waals surface area contributed by atoms with Gasteiger partial charge < -0.3 is 29.5 Å². The quantitative estimate of drug-likeness (QED) is 0.0493. The predicted octanol–water partition coefficient (Wildman–Crippen LogP) is 7.65. The molecule has 1 aliphatic carbocycles. The van der Waals surface area contributed by atoms with E-state index in [1.165, 1.54) is 57.6 Å². The molecule has 2 aliphatic heterocycles. The molecule has 0 radical (unpaired) electrons. The van der Waals surface area contributed by atoms with Crippen LogP contribution < -0.4 is 36.3 Å².